The van der Waals surface area contributed by atoms with Crippen molar-refractivity contribution < 1.29 is 13.9 Å². The van der Waals surface area contributed by atoms with E-state index in [2.05, 4.69) is 10.6 Å². The number of carbonyl (C=O) groups excluding carboxylic acids is 1. The first-order valence-corrected chi connectivity index (χ1v) is 7.02. The first-order chi connectivity index (χ1) is 11.1. The summed E-state index contributed by atoms with van der Waals surface area (Å²) in [6.45, 7) is 0.200. The van der Waals surface area contributed by atoms with Gasteiger partial charge in [0, 0.05) is 11.2 Å². The number of nitrogens with zero attached hydrogens (tertiary/aromatic N) is 1. The van der Waals surface area contributed by atoms with E-state index in [0.29, 0.717) is 22.2 Å². The summed E-state index contributed by atoms with van der Waals surface area (Å²) in [6, 6.07) is 10.3. The van der Waals surface area contributed by atoms with Crippen LogP contribution in [0.15, 0.2) is 52.8 Å². The molecule has 0 unspecified atom stereocenters. The van der Waals surface area contributed by atoms with E-state index in [9.17, 15) is 4.79 Å². The van der Waals surface area contributed by atoms with Gasteiger partial charge in [0.1, 0.15) is 23.2 Å². The lowest BCUT2D eigenvalue weighted by Crippen LogP contribution is -2.24. The van der Waals surface area contributed by atoms with E-state index in [1.165, 1.54) is 19.6 Å². The van der Waals surface area contributed by atoms with Gasteiger partial charge in [-0.15, -0.1) is 0 Å². The van der Waals surface area contributed by atoms with Gasteiger partial charge in [-0.25, -0.2) is 0 Å². The highest BCUT2D eigenvalue weighted by atomic mass is 35.5. The number of hydrogen-bond donors (Lipinski definition) is 2. The highest BCUT2D eigenvalue weighted by molar-refractivity contribution is 6.30. The third-order valence-electron chi connectivity index (χ3n) is 2.90. The molecule has 7 heteroatoms. The molecule has 1 heterocycles. The highest BCUT2D eigenvalue weighted by Gasteiger charge is 2.10. The number of nitrogens with one attached hydrogen (secondary N) is 2. The fraction of sp³-hybridized carbons (Fsp3) is 0.125. The fourth-order valence-corrected chi connectivity index (χ4v) is 1.94. The Balaban J connectivity index is 2.05. The number of amides is 1. The molecular formula is C16H14ClN3O3. The minimum atomic E-state index is -0.516. The van der Waals surface area contributed by atoms with Crippen molar-refractivity contribution in [1.29, 1.82) is 5.26 Å². The average Bonchev–Trinajstić information content (AvgIpc) is 3.07. The molecule has 6 nitrogen and oxygen atoms in total. The predicted molar refractivity (Wildman–Crippen MR) is 85.9 cm³/mol. The van der Waals surface area contributed by atoms with Gasteiger partial charge in [-0.05, 0) is 30.3 Å². The number of benzene rings is 1. The Morgan fingerprint density at radius 1 is 1.48 bits per heavy atom. The fourth-order valence-electron chi connectivity index (χ4n) is 1.77. The zero-order valence-electron chi connectivity index (χ0n) is 12.3. The summed E-state index contributed by atoms with van der Waals surface area (Å²) in [4.78, 5) is 12.0. The number of hydrogen-bond acceptors (Lipinski definition) is 5. The van der Waals surface area contributed by atoms with Crippen molar-refractivity contribution in [3.63, 3.8) is 0 Å². The molecule has 0 aliphatic carbocycles. The van der Waals surface area contributed by atoms with E-state index >= 15 is 0 Å². The number of furan rings is 1. The Morgan fingerprint density at radius 2 is 2.30 bits per heavy atom. The monoisotopic (exact) mass is 331 g/mol. The van der Waals surface area contributed by atoms with Gasteiger partial charge in [0.15, 0.2) is 0 Å². The van der Waals surface area contributed by atoms with Crippen LogP contribution in [0.25, 0.3) is 0 Å². The topological polar surface area (TPSA) is 87.3 Å². The van der Waals surface area contributed by atoms with Gasteiger partial charge in [-0.2, -0.15) is 5.26 Å². The summed E-state index contributed by atoms with van der Waals surface area (Å²) < 4.78 is 10.3. The van der Waals surface area contributed by atoms with Gasteiger partial charge in [-0.3, -0.25) is 4.79 Å². The second-order valence-electron chi connectivity index (χ2n) is 4.42. The Kier molecular flexibility index (Phi) is 5.67. The van der Waals surface area contributed by atoms with Gasteiger partial charge in [0.25, 0.3) is 5.91 Å². The van der Waals surface area contributed by atoms with Gasteiger partial charge in [0.2, 0.25) is 0 Å². The smallest absolute Gasteiger partial charge is 0.263 e. The molecule has 1 amide bonds. The zero-order chi connectivity index (χ0) is 16.7. The summed E-state index contributed by atoms with van der Waals surface area (Å²) in [5.74, 6) is 0.622. The third-order valence-corrected chi connectivity index (χ3v) is 3.14. The molecule has 0 radical (unpaired) electrons. The van der Waals surface area contributed by atoms with E-state index in [-0.39, 0.29) is 12.1 Å². The molecule has 0 aliphatic heterocycles. The van der Waals surface area contributed by atoms with Crippen LogP contribution in [-0.4, -0.2) is 13.0 Å². The van der Waals surface area contributed by atoms with Gasteiger partial charge in [0.05, 0.1) is 25.6 Å². The normalized spacial score (nSPS) is 10.7. The van der Waals surface area contributed by atoms with Gasteiger partial charge >= 0.3 is 0 Å². The molecule has 0 fully saturated rings. The van der Waals surface area contributed by atoms with Crippen LogP contribution >= 0.6 is 11.6 Å². The van der Waals surface area contributed by atoms with Crippen molar-refractivity contribution in [3.05, 3.63) is 59.2 Å². The Hall–Kier alpha value is -2.91. The summed E-state index contributed by atoms with van der Waals surface area (Å²) in [6.07, 6.45) is 2.81. The van der Waals surface area contributed by atoms with Gasteiger partial charge in [-0.1, -0.05) is 11.6 Å². The Labute approximate surface area is 138 Å². The Bertz CT molecular complexity index is 748. The maximum atomic E-state index is 12.0. The molecule has 0 saturated heterocycles. The van der Waals surface area contributed by atoms with E-state index in [4.69, 9.17) is 26.0 Å². The number of nitriles is 1. The van der Waals surface area contributed by atoms with Crippen molar-refractivity contribution in [1.82, 2.24) is 5.32 Å². The quantitative estimate of drug-likeness (QED) is 0.627. The maximum absolute atomic E-state index is 12.0. The number of rotatable bonds is 6. The lowest BCUT2D eigenvalue weighted by atomic mass is 10.2. The second-order valence-corrected chi connectivity index (χ2v) is 4.86. The van der Waals surface area contributed by atoms with Gasteiger partial charge < -0.3 is 19.8 Å². The van der Waals surface area contributed by atoms with Crippen LogP contribution in [-0.2, 0) is 11.3 Å². The number of anilines is 1. The van der Waals surface area contributed by atoms with Crippen LogP contribution in [0.1, 0.15) is 5.76 Å². The van der Waals surface area contributed by atoms with E-state index in [1.54, 1.807) is 30.3 Å². The molecule has 23 heavy (non-hydrogen) atoms. The van der Waals surface area contributed by atoms with Crippen molar-refractivity contribution in [2.24, 2.45) is 0 Å². The summed E-state index contributed by atoms with van der Waals surface area (Å²) >= 11 is 5.92. The van der Waals surface area contributed by atoms with Crippen molar-refractivity contribution in [2.45, 2.75) is 6.54 Å². The van der Waals surface area contributed by atoms with Crippen molar-refractivity contribution in [3.8, 4) is 11.8 Å². The first kappa shape index (κ1) is 16.5. The maximum Gasteiger partial charge on any atom is 0.263 e. The summed E-state index contributed by atoms with van der Waals surface area (Å²) in [7, 11) is 1.51. The minimum absolute atomic E-state index is 0.0846. The van der Waals surface area contributed by atoms with E-state index in [0.717, 1.165) is 0 Å². The lowest BCUT2D eigenvalue weighted by molar-refractivity contribution is -0.117. The number of methoxy groups -OCH3 is 1. The van der Waals surface area contributed by atoms with Crippen molar-refractivity contribution in [2.75, 3.05) is 12.4 Å². The average molecular weight is 332 g/mol. The summed E-state index contributed by atoms with van der Waals surface area (Å²) in [5.41, 5.74) is 0.463. The number of carbonyl (C=O) groups is 1. The molecule has 1 aromatic heterocycles. The first-order valence-electron chi connectivity index (χ1n) is 6.65. The molecular weight excluding hydrogens is 318 g/mol. The molecule has 1 aromatic carbocycles. The predicted octanol–water partition coefficient (Wildman–Crippen LogP) is 3.08. The van der Waals surface area contributed by atoms with Crippen LogP contribution < -0.4 is 15.4 Å². The van der Waals surface area contributed by atoms with E-state index < -0.39 is 5.91 Å². The number of ether oxygens (including phenoxy) is 1. The molecule has 0 saturated carbocycles. The van der Waals surface area contributed by atoms with Crippen LogP contribution in [0.3, 0.4) is 0 Å². The highest BCUT2D eigenvalue weighted by Crippen LogP contribution is 2.27. The van der Waals surface area contributed by atoms with Crippen LogP contribution in [0.2, 0.25) is 5.02 Å². The molecule has 0 bridgehead atoms. The molecule has 2 aromatic rings. The summed E-state index contributed by atoms with van der Waals surface area (Å²) in [5, 5.41) is 15.1. The Morgan fingerprint density at radius 3 is 2.96 bits per heavy atom. The van der Waals surface area contributed by atoms with Crippen LogP contribution in [0.4, 0.5) is 5.69 Å². The third kappa shape index (κ3) is 4.53. The standard InChI is InChI=1S/C16H14ClN3O3/c1-22-15-5-4-12(17)7-14(15)19-9-11(8-18)16(21)20-10-13-3-2-6-23-13/h2-7,9,19H,10H2,1H3,(H,20,21)/b11-9+. The lowest BCUT2D eigenvalue weighted by Gasteiger charge is -2.09. The minimum Gasteiger partial charge on any atom is -0.495 e. The second kappa shape index (κ2) is 7.92. The number of halogens is 1. The molecule has 118 valence electrons. The molecule has 2 rings (SSSR count). The van der Waals surface area contributed by atoms with Crippen LogP contribution in [0.5, 0.6) is 5.75 Å². The zero-order valence-corrected chi connectivity index (χ0v) is 13.1. The molecule has 0 atom stereocenters. The molecule has 0 aliphatic rings. The SMILES string of the molecule is COc1ccc(Cl)cc1N/C=C(\C#N)C(=O)NCc1ccco1. The van der Waals surface area contributed by atoms with E-state index in [1.807, 2.05) is 6.07 Å². The molecule has 2 N–H and O–H groups in total. The van der Waals surface area contributed by atoms with Crippen LogP contribution in [0, 0.1) is 11.3 Å². The van der Waals surface area contributed by atoms with Crippen molar-refractivity contribution >= 4 is 23.2 Å². The molecule has 0 spiro atoms. The largest absolute Gasteiger partial charge is 0.495 e.